The number of nitrogens with zero attached hydrogens (tertiary/aromatic N) is 3. The average Bonchev–Trinajstić information content (AvgIpc) is 3.23. The minimum atomic E-state index is -0.237. The number of hydrogen-bond donors (Lipinski definition) is 0. The van der Waals surface area contributed by atoms with Gasteiger partial charge in [-0.05, 0) is 28.2 Å². The fourth-order valence-electron chi connectivity index (χ4n) is 3.35. The Morgan fingerprint density at radius 1 is 1.40 bits per heavy atom. The lowest BCUT2D eigenvalue weighted by Crippen LogP contribution is -2.55. The van der Waals surface area contributed by atoms with Gasteiger partial charge in [-0.1, -0.05) is 41.9 Å². The molecule has 5 nitrogen and oxygen atoms in total. The Bertz CT molecular complexity index is 1000. The van der Waals surface area contributed by atoms with Crippen molar-refractivity contribution in [2.45, 2.75) is 23.4 Å². The van der Waals surface area contributed by atoms with Crippen LogP contribution in [0.2, 0.25) is 4.47 Å². The third-order valence-corrected chi connectivity index (χ3v) is 6.34. The van der Waals surface area contributed by atoms with Gasteiger partial charge in [0.05, 0.1) is 17.2 Å². The van der Waals surface area contributed by atoms with Gasteiger partial charge < -0.3 is 5.11 Å². The Labute approximate surface area is 166 Å². The van der Waals surface area contributed by atoms with Crippen LogP contribution in [-0.4, -0.2) is 9.55 Å². The van der Waals surface area contributed by atoms with Crippen molar-refractivity contribution in [3.63, 3.8) is 0 Å². The van der Waals surface area contributed by atoms with E-state index in [1.165, 1.54) is 11.3 Å². The number of halogens is 2. The second-order valence-electron chi connectivity index (χ2n) is 5.76. The van der Waals surface area contributed by atoms with E-state index in [1.807, 2.05) is 18.2 Å². The Morgan fingerprint density at radius 2 is 2.16 bits per heavy atom. The molecule has 3 heterocycles. The van der Waals surface area contributed by atoms with Gasteiger partial charge in [-0.2, -0.15) is 4.57 Å². The fraction of sp³-hybridized carbons (Fsp3) is 0.235. The maximum atomic E-state index is 13.2. The molecule has 0 amide bonds. The maximum absolute atomic E-state index is 13.2. The van der Waals surface area contributed by atoms with Gasteiger partial charge in [-0.25, -0.2) is 14.3 Å². The fourth-order valence-corrected chi connectivity index (χ4v) is 5.13. The molecule has 0 bridgehead atoms. The van der Waals surface area contributed by atoms with Crippen molar-refractivity contribution < 1.29 is 9.67 Å². The van der Waals surface area contributed by atoms with Crippen molar-refractivity contribution in [3.05, 3.63) is 62.1 Å². The van der Waals surface area contributed by atoms with E-state index in [9.17, 15) is 9.90 Å². The second-order valence-corrected chi connectivity index (χ2v) is 8.08. The molecule has 0 spiro atoms. The molecule has 0 aliphatic carbocycles. The molecule has 1 aliphatic heterocycles. The van der Waals surface area contributed by atoms with Crippen LogP contribution in [0.25, 0.3) is 11.1 Å². The van der Waals surface area contributed by atoms with Gasteiger partial charge in [-0.15, -0.1) is 11.3 Å². The summed E-state index contributed by atoms with van der Waals surface area (Å²) >= 11 is 9.52. The van der Waals surface area contributed by atoms with Crippen LogP contribution >= 0.6 is 45.5 Å². The second kappa shape index (κ2) is 6.69. The van der Waals surface area contributed by atoms with Gasteiger partial charge in [0.1, 0.15) is 16.2 Å². The van der Waals surface area contributed by atoms with E-state index in [0.717, 1.165) is 17.1 Å². The molecule has 0 radical (unpaired) electrons. The Morgan fingerprint density at radius 3 is 2.80 bits per heavy atom. The zero-order valence-corrected chi connectivity index (χ0v) is 16.7. The third kappa shape index (κ3) is 2.78. The number of hydrogen-bond acceptors (Lipinski definition) is 4. The summed E-state index contributed by atoms with van der Waals surface area (Å²) in [6.45, 7) is 0. The number of rotatable bonds is 3. The molecule has 128 valence electrons. The zero-order valence-electron chi connectivity index (χ0n) is 13.0. The highest BCUT2D eigenvalue weighted by Gasteiger charge is 2.37. The molecule has 25 heavy (non-hydrogen) atoms. The van der Waals surface area contributed by atoms with Crippen LogP contribution in [0.1, 0.15) is 23.2 Å². The molecule has 1 unspecified atom stereocenters. The summed E-state index contributed by atoms with van der Waals surface area (Å²) in [5.74, 6) is 0.554. The van der Waals surface area contributed by atoms with E-state index in [0.29, 0.717) is 21.0 Å². The number of benzene rings is 1. The first-order valence-corrected chi connectivity index (χ1v) is 10.4. The average molecular weight is 486 g/mol. The van der Waals surface area contributed by atoms with Crippen LogP contribution in [0.3, 0.4) is 0 Å². The van der Waals surface area contributed by atoms with Gasteiger partial charge in [0.25, 0.3) is 5.82 Å². The third-order valence-electron chi connectivity index (χ3n) is 4.44. The smallest absolute Gasteiger partial charge is 0.345 e. The standard InChI is InChI=1S/C17H13ClIN3O2S/c18-17-20-8-12(25-17)11-6-7-13-21(9-19)15(23)14(16(24)22(11)13)10-4-2-1-3-5-10/h1-5,8,11H,6-7,9H2. The minimum Gasteiger partial charge on any atom is -0.842 e. The van der Waals surface area contributed by atoms with E-state index in [4.69, 9.17) is 11.6 Å². The molecule has 0 fully saturated rings. The van der Waals surface area contributed by atoms with Crippen LogP contribution < -0.4 is 15.2 Å². The summed E-state index contributed by atoms with van der Waals surface area (Å²) in [7, 11) is 0. The van der Waals surface area contributed by atoms with Crippen LogP contribution in [0.15, 0.2) is 41.3 Å². The van der Waals surface area contributed by atoms with Crippen molar-refractivity contribution in [1.82, 2.24) is 9.55 Å². The van der Waals surface area contributed by atoms with Gasteiger partial charge in [0.15, 0.2) is 4.47 Å². The van der Waals surface area contributed by atoms with Crippen molar-refractivity contribution in [2.24, 2.45) is 0 Å². The summed E-state index contributed by atoms with van der Waals surface area (Å²) in [5.41, 5.74) is 0.641. The van der Waals surface area contributed by atoms with Crippen molar-refractivity contribution >= 4 is 45.5 Å². The van der Waals surface area contributed by atoms with Crippen molar-refractivity contribution in [1.29, 1.82) is 0 Å². The maximum Gasteiger partial charge on any atom is 0.345 e. The van der Waals surface area contributed by atoms with Crippen LogP contribution in [0.5, 0.6) is 5.88 Å². The predicted molar refractivity (Wildman–Crippen MR) is 103 cm³/mol. The molecule has 0 saturated carbocycles. The van der Waals surface area contributed by atoms with Gasteiger partial charge in [0, 0.05) is 12.6 Å². The highest BCUT2D eigenvalue weighted by atomic mass is 127. The Kier molecular flexibility index (Phi) is 4.55. The summed E-state index contributed by atoms with van der Waals surface area (Å²) in [5, 5.41) is 12.9. The highest BCUT2D eigenvalue weighted by molar-refractivity contribution is 14.1. The lowest BCUT2D eigenvalue weighted by atomic mass is 10.1. The molecule has 1 aromatic carbocycles. The summed E-state index contributed by atoms with van der Waals surface area (Å²) in [6.07, 6.45) is 3.17. The predicted octanol–water partition coefficient (Wildman–Crippen LogP) is 2.91. The lowest BCUT2D eigenvalue weighted by molar-refractivity contribution is -0.724. The summed E-state index contributed by atoms with van der Waals surface area (Å²) in [4.78, 5) is 18.3. The van der Waals surface area contributed by atoms with Crippen LogP contribution in [0, 0.1) is 0 Å². The molecule has 1 atom stereocenters. The van der Waals surface area contributed by atoms with E-state index in [2.05, 4.69) is 27.6 Å². The van der Waals surface area contributed by atoms with E-state index >= 15 is 0 Å². The molecule has 8 heteroatoms. The van der Waals surface area contributed by atoms with Gasteiger partial charge in [0.2, 0.25) is 0 Å². The topological polar surface area (TPSA) is 61.8 Å². The summed E-state index contributed by atoms with van der Waals surface area (Å²) < 4.78 is 4.42. The van der Waals surface area contributed by atoms with Crippen LogP contribution in [-0.2, 0) is 11.0 Å². The zero-order chi connectivity index (χ0) is 17.6. The van der Waals surface area contributed by atoms with E-state index in [1.54, 1.807) is 27.5 Å². The monoisotopic (exact) mass is 485 g/mol. The number of alkyl halides is 1. The minimum absolute atomic E-state index is 0.121. The molecule has 0 N–H and O–H groups in total. The normalized spacial score (nSPS) is 16.2. The Balaban J connectivity index is 1.99. The van der Waals surface area contributed by atoms with E-state index in [-0.39, 0.29) is 23.0 Å². The highest BCUT2D eigenvalue weighted by Crippen LogP contribution is 2.32. The molecule has 0 saturated heterocycles. The molecule has 3 aromatic rings. The first-order valence-electron chi connectivity index (χ1n) is 7.72. The number of aromatic nitrogens is 3. The first kappa shape index (κ1) is 17.0. The first-order chi connectivity index (χ1) is 12.1. The number of thiazole rings is 1. The van der Waals surface area contributed by atoms with Gasteiger partial charge in [-0.3, -0.25) is 0 Å². The largest absolute Gasteiger partial charge is 0.842 e. The van der Waals surface area contributed by atoms with Gasteiger partial charge >= 0.3 is 5.56 Å². The Hall–Kier alpha value is -1.45. The summed E-state index contributed by atoms with van der Waals surface area (Å²) in [6, 6.07) is 9.02. The quantitative estimate of drug-likeness (QED) is 0.326. The molecule has 4 rings (SSSR count). The van der Waals surface area contributed by atoms with Crippen LogP contribution in [0.4, 0.5) is 0 Å². The van der Waals surface area contributed by atoms with Crippen molar-refractivity contribution in [3.8, 4) is 17.0 Å². The molecule has 2 aromatic heterocycles. The molecular formula is C17H13ClIN3O2S. The van der Waals surface area contributed by atoms with E-state index < -0.39 is 0 Å². The van der Waals surface area contributed by atoms with Crippen molar-refractivity contribution in [2.75, 3.05) is 0 Å². The SMILES string of the molecule is O=c1c(-c2ccccc2)c([O-])n(CI)c2[n+]1C(c1cnc(Cl)s1)CC2. The number of fused-ring (bicyclic) bond motifs is 1. The molecule has 1 aliphatic rings. The molecular weight excluding hydrogens is 473 g/mol. The lowest BCUT2D eigenvalue weighted by Gasteiger charge is -2.18.